The summed E-state index contributed by atoms with van der Waals surface area (Å²) in [6.07, 6.45) is 0. The lowest BCUT2D eigenvalue weighted by Crippen LogP contribution is -2.59. The van der Waals surface area contributed by atoms with E-state index in [4.69, 9.17) is 10.00 Å². The molecule has 0 spiro atoms. The van der Waals surface area contributed by atoms with Gasteiger partial charge in [0.1, 0.15) is 30.1 Å². The number of rotatable bonds is 4. The van der Waals surface area contributed by atoms with Gasteiger partial charge in [0.2, 0.25) is 0 Å². The molecule has 1 fully saturated rings. The van der Waals surface area contributed by atoms with Crippen LogP contribution in [0.2, 0.25) is 0 Å². The number of ether oxygens (including phenoxy) is 1. The van der Waals surface area contributed by atoms with E-state index in [2.05, 4.69) is 11.4 Å². The second-order valence-corrected chi connectivity index (χ2v) is 5.65. The summed E-state index contributed by atoms with van der Waals surface area (Å²) in [5, 5.41) is 11.9. The molecule has 0 amide bonds. The normalized spacial score (nSPS) is 22.5. The molecule has 6 heteroatoms. The third kappa shape index (κ3) is 2.72. The number of hydrogen-bond donors (Lipinski definition) is 1. The standard InChI is InChI=1S/C18H15F3N2O/c1-24-12-6-13(20)17(14(21)7-12)10-2-4-11(5-3-10)18-15(8-19)23-16(18)9-22/h2-7,15-16,18,23H,8H2,1H3/t15-,16-,18+/m0/s1. The second-order valence-electron chi connectivity index (χ2n) is 5.65. The molecule has 1 N–H and O–H groups in total. The number of halogens is 3. The van der Waals surface area contributed by atoms with E-state index < -0.39 is 30.4 Å². The minimum Gasteiger partial charge on any atom is -0.497 e. The molecule has 0 aliphatic carbocycles. The Morgan fingerprint density at radius 3 is 2.29 bits per heavy atom. The molecule has 1 aliphatic rings. The first-order chi connectivity index (χ1) is 11.6. The molecule has 0 unspecified atom stereocenters. The Balaban J connectivity index is 1.92. The van der Waals surface area contributed by atoms with Crippen molar-refractivity contribution in [3.63, 3.8) is 0 Å². The van der Waals surface area contributed by atoms with E-state index >= 15 is 0 Å². The molecule has 3 rings (SSSR count). The molecule has 0 bridgehead atoms. The van der Waals surface area contributed by atoms with Gasteiger partial charge in [-0.25, -0.2) is 13.2 Å². The summed E-state index contributed by atoms with van der Waals surface area (Å²) in [4.78, 5) is 0. The SMILES string of the molecule is COc1cc(F)c(-c2ccc([C@H]3[C@H](C#N)N[C@H]3CF)cc2)c(F)c1. The minimum absolute atomic E-state index is 0.105. The molecule has 24 heavy (non-hydrogen) atoms. The molecule has 3 atom stereocenters. The summed E-state index contributed by atoms with van der Waals surface area (Å²) >= 11 is 0. The van der Waals surface area contributed by atoms with Gasteiger partial charge in [-0.3, -0.25) is 5.32 Å². The lowest BCUT2D eigenvalue weighted by molar-refractivity contribution is 0.210. The molecule has 0 aromatic heterocycles. The van der Waals surface area contributed by atoms with Gasteiger partial charge in [0, 0.05) is 24.1 Å². The van der Waals surface area contributed by atoms with Crippen LogP contribution in [0.4, 0.5) is 13.2 Å². The van der Waals surface area contributed by atoms with Gasteiger partial charge in [-0.05, 0) is 11.1 Å². The maximum absolute atomic E-state index is 14.1. The van der Waals surface area contributed by atoms with Crippen molar-refractivity contribution < 1.29 is 17.9 Å². The van der Waals surface area contributed by atoms with E-state index in [0.29, 0.717) is 5.56 Å². The number of hydrogen-bond acceptors (Lipinski definition) is 3. The van der Waals surface area contributed by atoms with Crippen molar-refractivity contribution in [2.24, 2.45) is 0 Å². The molecule has 2 aromatic carbocycles. The highest BCUT2D eigenvalue weighted by Crippen LogP contribution is 2.35. The maximum Gasteiger partial charge on any atom is 0.137 e. The van der Waals surface area contributed by atoms with Gasteiger partial charge < -0.3 is 4.74 Å². The summed E-state index contributed by atoms with van der Waals surface area (Å²) in [6, 6.07) is 9.96. The van der Waals surface area contributed by atoms with Crippen molar-refractivity contribution in [2.45, 2.75) is 18.0 Å². The van der Waals surface area contributed by atoms with Gasteiger partial charge >= 0.3 is 0 Å². The monoisotopic (exact) mass is 332 g/mol. The summed E-state index contributed by atoms with van der Waals surface area (Å²) in [5.41, 5.74) is 0.989. The third-order valence-corrected chi connectivity index (χ3v) is 4.33. The van der Waals surface area contributed by atoms with Crippen LogP contribution in [0.3, 0.4) is 0 Å². The quantitative estimate of drug-likeness (QED) is 0.931. The van der Waals surface area contributed by atoms with Crippen LogP contribution >= 0.6 is 0 Å². The van der Waals surface area contributed by atoms with Crippen LogP contribution in [0.5, 0.6) is 5.75 Å². The second kappa shape index (κ2) is 6.54. The Hall–Kier alpha value is -2.52. The fraction of sp³-hybridized carbons (Fsp3) is 0.278. The topological polar surface area (TPSA) is 45.0 Å². The first kappa shape index (κ1) is 16.3. The Morgan fingerprint density at radius 1 is 1.17 bits per heavy atom. The van der Waals surface area contributed by atoms with E-state index in [1.807, 2.05) is 0 Å². The molecule has 0 radical (unpaired) electrons. The fourth-order valence-corrected chi connectivity index (χ4v) is 3.05. The van der Waals surface area contributed by atoms with Crippen molar-refractivity contribution in [2.75, 3.05) is 13.8 Å². The van der Waals surface area contributed by atoms with Gasteiger partial charge in [0.05, 0.1) is 18.7 Å². The number of alkyl halides is 1. The average molecular weight is 332 g/mol. The number of nitrogens with one attached hydrogen (secondary N) is 1. The van der Waals surface area contributed by atoms with Gasteiger partial charge in [-0.15, -0.1) is 0 Å². The Labute approximate surface area is 137 Å². The molecule has 1 heterocycles. The molecule has 124 valence electrons. The van der Waals surface area contributed by atoms with E-state index in [9.17, 15) is 13.2 Å². The highest BCUT2D eigenvalue weighted by molar-refractivity contribution is 5.66. The summed E-state index contributed by atoms with van der Waals surface area (Å²) in [7, 11) is 1.34. The summed E-state index contributed by atoms with van der Waals surface area (Å²) in [6.45, 7) is -0.577. The lowest BCUT2D eigenvalue weighted by Gasteiger charge is -2.41. The van der Waals surface area contributed by atoms with E-state index in [1.54, 1.807) is 24.3 Å². The van der Waals surface area contributed by atoms with Crippen LogP contribution in [0.25, 0.3) is 11.1 Å². The number of nitrogens with zero attached hydrogens (tertiary/aromatic N) is 1. The van der Waals surface area contributed by atoms with Crippen LogP contribution in [-0.2, 0) is 0 Å². The fourth-order valence-electron chi connectivity index (χ4n) is 3.05. The first-order valence-corrected chi connectivity index (χ1v) is 7.44. The third-order valence-electron chi connectivity index (χ3n) is 4.33. The zero-order chi connectivity index (χ0) is 17.3. The Bertz CT molecular complexity index is 763. The van der Waals surface area contributed by atoms with Gasteiger partial charge in [0.25, 0.3) is 0 Å². The number of nitriles is 1. The molecule has 0 saturated carbocycles. The van der Waals surface area contributed by atoms with E-state index in [-0.39, 0.29) is 17.2 Å². The van der Waals surface area contributed by atoms with E-state index in [1.165, 1.54) is 7.11 Å². The van der Waals surface area contributed by atoms with Crippen molar-refractivity contribution in [1.29, 1.82) is 5.26 Å². The van der Waals surface area contributed by atoms with Crippen LogP contribution < -0.4 is 10.1 Å². The molecular weight excluding hydrogens is 317 g/mol. The Morgan fingerprint density at radius 2 is 1.79 bits per heavy atom. The van der Waals surface area contributed by atoms with Crippen LogP contribution in [0, 0.1) is 23.0 Å². The van der Waals surface area contributed by atoms with Crippen molar-refractivity contribution >= 4 is 0 Å². The van der Waals surface area contributed by atoms with Crippen LogP contribution in [-0.4, -0.2) is 25.9 Å². The van der Waals surface area contributed by atoms with E-state index in [0.717, 1.165) is 17.7 Å². The Kier molecular flexibility index (Phi) is 4.45. The van der Waals surface area contributed by atoms with Crippen LogP contribution in [0.15, 0.2) is 36.4 Å². The van der Waals surface area contributed by atoms with Crippen molar-refractivity contribution in [3.8, 4) is 22.9 Å². The summed E-state index contributed by atoms with van der Waals surface area (Å²) in [5.74, 6) is -1.60. The number of methoxy groups -OCH3 is 1. The molecule has 3 nitrogen and oxygen atoms in total. The smallest absolute Gasteiger partial charge is 0.137 e. The zero-order valence-electron chi connectivity index (χ0n) is 12.9. The molecular formula is C18H15F3N2O. The minimum atomic E-state index is -0.721. The average Bonchev–Trinajstić information content (AvgIpc) is 2.55. The van der Waals surface area contributed by atoms with Crippen molar-refractivity contribution in [3.05, 3.63) is 53.6 Å². The molecule has 1 aliphatic heterocycles. The predicted octanol–water partition coefficient (Wildman–Crippen LogP) is 3.56. The highest BCUT2D eigenvalue weighted by Gasteiger charge is 2.41. The van der Waals surface area contributed by atoms with Gasteiger partial charge in [0.15, 0.2) is 0 Å². The lowest BCUT2D eigenvalue weighted by atomic mass is 9.78. The molecule has 2 aromatic rings. The molecule has 1 saturated heterocycles. The van der Waals surface area contributed by atoms with Crippen molar-refractivity contribution in [1.82, 2.24) is 5.32 Å². The number of benzene rings is 2. The van der Waals surface area contributed by atoms with Gasteiger partial charge in [-0.2, -0.15) is 5.26 Å². The largest absolute Gasteiger partial charge is 0.497 e. The highest BCUT2D eigenvalue weighted by atomic mass is 19.1. The first-order valence-electron chi connectivity index (χ1n) is 7.44. The van der Waals surface area contributed by atoms with Crippen LogP contribution in [0.1, 0.15) is 11.5 Å². The zero-order valence-corrected chi connectivity index (χ0v) is 12.9. The van der Waals surface area contributed by atoms with Gasteiger partial charge in [-0.1, -0.05) is 24.3 Å². The summed E-state index contributed by atoms with van der Waals surface area (Å²) < 4.78 is 46.0. The maximum atomic E-state index is 14.1. The predicted molar refractivity (Wildman–Crippen MR) is 83.4 cm³/mol.